The number of rotatable bonds is 6. The van der Waals surface area contributed by atoms with Crippen molar-refractivity contribution in [3.63, 3.8) is 0 Å². The van der Waals surface area contributed by atoms with Gasteiger partial charge in [-0.15, -0.1) is 0 Å². The van der Waals surface area contributed by atoms with Gasteiger partial charge in [-0.05, 0) is 36.2 Å². The molecule has 1 atom stereocenters. The molecule has 2 N–H and O–H groups in total. The molecular weight excluding hydrogens is 366 g/mol. The van der Waals surface area contributed by atoms with Crippen LogP contribution in [0, 0.1) is 0 Å². The van der Waals surface area contributed by atoms with Gasteiger partial charge in [0.1, 0.15) is 5.75 Å². The molecule has 0 bridgehead atoms. The smallest absolute Gasteiger partial charge is 0.262 e. The van der Waals surface area contributed by atoms with Crippen LogP contribution in [0.4, 0.5) is 5.69 Å². The second-order valence-electron chi connectivity index (χ2n) is 6.30. The fraction of sp³-hybridized carbons (Fsp3) is 0.300. The molecule has 7 heteroatoms. The number of amides is 2. The second-order valence-corrected chi connectivity index (χ2v) is 6.74. The zero-order chi connectivity index (χ0) is 19.2. The highest BCUT2D eigenvalue weighted by Crippen LogP contribution is 2.32. The van der Waals surface area contributed by atoms with Crippen molar-refractivity contribution in [1.82, 2.24) is 10.6 Å². The summed E-state index contributed by atoms with van der Waals surface area (Å²) >= 11 is 5.98. The van der Waals surface area contributed by atoms with Gasteiger partial charge >= 0.3 is 0 Å². The second kappa shape index (κ2) is 8.77. The standard InChI is InChI=1S/C20H22ClN3O3/c1-22-20(26)18-12-24(16-7-2-3-8-17(16)27-18)13-19(25)23-10-9-14-5-4-6-15(21)11-14/h2-8,11,18H,9-10,12-13H2,1H3,(H,22,26)(H,23,25). The third kappa shape index (κ3) is 4.92. The van der Waals surface area contributed by atoms with Crippen LogP contribution in [0.25, 0.3) is 0 Å². The molecular formula is C20H22ClN3O3. The Morgan fingerprint density at radius 3 is 2.81 bits per heavy atom. The molecule has 1 unspecified atom stereocenters. The number of nitrogens with one attached hydrogen (secondary N) is 2. The van der Waals surface area contributed by atoms with Crippen LogP contribution >= 0.6 is 11.6 Å². The summed E-state index contributed by atoms with van der Waals surface area (Å²) in [5.74, 6) is 0.282. The van der Waals surface area contributed by atoms with Gasteiger partial charge in [-0.3, -0.25) is 9.59 Å². The number of halogens is 1. The number of hydrogen-bond acceptors (Lipinski definition) is 4. The predicted octanol–water partition coefficient (Wildman–Crippen LogP) is 2.01. The van der Waals surface area contributed by atoms with Gasteiger partial charge in [0, 0.05) is 18.6 Å². The van der Waals surface area contributed by atoms with Gasteiger partial charge in [0.05, 0.1) is 18.8 Å². The van der Waals surface area contributed by atoms with Crippen molar-refractivity contribution in [2.45, 2.75) is 12.5 Å². The van der Waals surface area contributed by atoms with Crippen LogP contribution in [0.15, 0.2) is 48.5 Å². The van der Waals surface area contributed by atoms with Crippen LogP contribution in [0.1, 0.15) is 5.56 Å². The average molecular weight is 388 g/mol. The molecule has 3 rings (SSSR count). The largest absolute Gasteiger partial charge is 0.477 e. The predicted molar refractivity (Wildman–Crippen MR) is 105 cm³/mol. The maximum atomic E-state index is 12.4. The fourth-order valence-electron chi connectivity index (χ4n) is 3.02. The van der Waals surface area contributed by atoms with Crippen molar-refractivity contribution in [1.29, 1.82) is 0 Å². The number of para-hydroxylation sites is 2. The fourth-order valence-corrected chi connectivity index (χ4v) is 3.24. The average Bonchev–Trinajstić information content (AvgIpc) is 2.67. The molecule has 2 amide bonds. The quantitative estimate of drug-likeness (QED) is 0.795. The lowest BCUT2D eigenvalue weighted by molar-refractivity contribution is -0.127. The molecule has 1 heterocycles. The van der Waals surface area contributed by atoms with E-state index in [9.17, 15) is 9.59 Å². The van der Waals surface area contributed by atoms with Crippen molar-refractivity contribution in [2.75, 3.05) is 31.6 Å². The van der Waals surface area contributed by atoms with Crippen LogP contribution in [-0.2, 0) is 16.0 Å². The minimum absolute atomic E-state index is 0.107. The van der Waals surface area contributed by atoms with Crippen molar-refractivity contribution in [3.05, 3.63) is 59.1 Å². The summed E-state index contributed by atoms with van der Waals surface area (Å²) in [7, 11) is 1.57. The number of carbonyl (C=O) groups excluding carboxylic acids is 2. The Bertz CT molecular complexity index is 828. The molecule has 1 aliphatic rings. The van der Waals surface area contributed by atoms with Gasteiger partial charge in [-0.25, -0.2) is 0 Å². The Morgan fingerprint density at radius 1 is 1.22 bits per heavy atom. The van der Waals surface area contributed by atoms with E-state index in [-0.39, 0.29) is 18.4 Å². The number of carbonyl (C=O) groups is 2. The van der Waals surface area contributed by atoms with Gasteiger partial charge < -0.3 is 20.3 Å². The van der Waals surface area contributed by atoms with Gasteiger partial charge in [0.25, 0.3) is 5.91 Å². The van der Waals surface area contributed by atoms with Gasteiger partial charge in [-0.1, -0.05) is 35.9 Å². The summed E-state index contributed by atoms with van der Waals surface area (Å²) in [5, 5.41) is 6.20. The van der Waals surface area contributed by atoms with Gasteiger partial charge in [0.2, 0.25) is 5.91 Å². The molecule has 0 spiro atoms. The molecule has 27 heavy (non-hydrogen) atoms. The minimum atomic E-state index is -0.649. The van der Waals surface area contributed by atoms with E-state index in [2.05, 4.69) is 10.6 Å². The summed E-state index contributed by atoms with van der Waals surface area (Å²) in [5.41, 5.74) is 1.88. The van der Waals surface area contributed by atoms with Crippen molar-refractivity contribution < 1.29 is 14.3 Å². The first-order valence-electron chi connectivity index (χ1n) is 8.80. The third-order valence-corrected chi connectivity index (χ3v) is 4.59. The number of fused-ring (bicyclic) bond motifs is 1. The Kier molecular flexibility index (Phi) is 6.19. The monoisotopic (exact) mass is 387 g/mol. The first-order chi connectivity index (χ1) is 13.1. The van der Waals surface area contributed by atoms with Crippen molar-refractivity contribution >= 4 is 29.1 Å². The van der Waals surface area contributed by atoms with E-state index in [0.29, 0.717) is 30.3 Å². The van der Waals surface area contributed by atoms with E-state index in [1.807, 2.05) is 47.4 Å². The maximum Gasteiger partial charge on any atom is 0.262 e. The number of ether oxygens (including phenoxy) is 1. The van der Waals surface area contributed by atoms with Crippen LogP contribution in [0.5, 0.6) is 5.75 Å². The first-order valence-corrected chi connectivity index (χ1v) is 9.18. The lowest BCUT2D eigenvalue weighted by atomic mass is 10.1. The summed E-state index contributed by atoms with van der Waals surface area (Å²) < 4.78 is 5.75. The summed E-state index contributed by atoms with van der Waals surface area (Å²) in [4.78, 5) is 26.3. The first kappa shape index (κ1) is 19.0. The maximum absolute atomic E-state index is 12.4. The molecule has 0 saturated carbocycles. The Morgan fingerprint density at radius 2 is 2.04 bits per heavy atom. The Balaban J connectivity index is 1.59. The van der Waals surface area contributed by atoms with Crippen molar-refractivity contribution in [3.8, 4) is 5.75 Å². The number of benzene rings is 2. The highest BCUT2D eigenvalue weighted by molar-refractivity contribution is 6.30. The van der Waals surface area contributed by atoms with E-state index in [1.165, 1.54) is 0 Å². The Labute approximate surface area is 163 Å². The molecule has 0 saturated heterocycles. The van der Waals surface area contributed by atoms with E-state index < -0.39 is 6.10 Å². The van der Waals surface area contributed by atoms with Gasteiger partial charge in [-0.2, -0.15) is 0 Å². The van der Waals surface area contributed by atoms with Gasteiger partial charge in [0.15, 0.2) is 6.10 Å². The van der Waals surface area contributed by atoms with E-state index >= 15 is 0 Å². The number of likely N-dealkylation sites (N-methyl/N-ethyl adjacent to an activating group) is 1. The van der Waals surface area contributed by atoms with E-state index in [0.717, 1.165) is 11.3 Å². The zero-order valence-electron chi connectivity index (χ0n) is 15.1. The molecule has 0 aliphatic carbocycles. The summed E-state index contributed by atoms with van der Waals surface area (Å²) in [6.45, 7) is 0.992. The minimum Gasteiger partial charge on any atom is -0.477 e. The van der Waals surface area contributed by atoms with Crippen LogP contribution in [-0.4, -0.2) is 44.6 Å². The van der Waals surface area contributed by atoms with Crippen molar-refractivity contribution in [2.24, 2.45) is 0 Å². The topological polar surface area (TPSA) is 70.7 Å². The number of hydrogen-bond donors (Lipinski definition) is 2. The molecule has 6 nitrogen and oxygen atoms in total. The van der Waals surface area contributed by atoms with E-state index in [1.54, 1.807) is 13.1 Å². The molecule has 0 aromatic heterocycles. The molecule has 0 radical (unpaired) electrons. The normalized spacial score (nSPS) is 15.5. The summed E-state index contributed by atoms with van der Waals surface area (Å²) in [6, 6.07) is 15.0. The zero-order valence-corrected chi connectivity index (χ0v) is 15.8. The van der Waals surface area contributed by atoms with Crippen LogP contribution in [0.2, 0.25) is 5.02 Å². The van der Waals surface area contributed by atoms with Crippen LogP contribution in [0.3, 0.4) is 0 Å². The number of nitrogens with zero attached hydrogens (tertiary/aromatic N) is 1. The molecule has 2 aromatic carbocycles. The van der Waals surface area contributed by atoms with E-state index in [4.69, 9.17) is 16.3 Å². The molecule has 1 aliphatic heterocycles. The molecule has 2 aromatic rings. The lowest BCUT2D eigenvalue weighted by Gasteiger charge is -2.35. The SMILES string of the molecule is CNC(=O)C1CN(CC(=O)NCCc2cccc(Cl)c2)c2ccccc2O1. The lowest BCUT2D eigenvalue weighted by Crippen LogP contribution is -2.50. The summed E-state index contributed by atoms with van der Waals surface area (Å²) in [6.07, 6.45) is 0.0523. The molecule has 142 valence electrons. The Hall–Kier alpha value is -2.73. The number of anilines is 1. The molecule has 0 fully saturated rings. The third-order valence-electron chi connectivity index (χ3n) is 4.36. The van der Waals surface area contributed by atoms with Crippen LogP contribution < -0.4 is 20.3 Å². The highest BCUT2D eigenvalue weighted by atomic mass is 35.5. The highest BCUT2D eigenvalue weighted by Gasteiger charge is 2.30.